The highest BCUT2D eigenvalue weighted by atomic mass is 19.1. The molecular weight excluding hydrogens is 493 g/mol. The Hall–Kier alpha value is -4.26. The number of nitrogens with zero attached hydrogens (tertiary/aromatic N) is 8. The van der Waals surface area contributed by atoms with Gasteiger partial charge in [-0.1, -0.05) is 0 Å². The number of carboxylic acids is 1. The van der Waals surface area contributed by atoms with Gasteiger partial charge in [-0.05, 0) is 49.1 Å². The summed E-state index contributed by atoms with van der Waals surface area (Å²) in [7, 11) is 0. The highest BCUT2D eigenvalue weighted by molar-refractivity contribution is 5.88. The summed E-state index contributed by atoms with van der Waals surface area (Å²) in [6.07, 6.45) is 3.68. The van der Waals surface area contributed by atoms with Gasteiger partial charge in [-0.3, -0.25) is 4.90 Å². The van der Waals surface area contributed by atoms with Crippen molar-refractivity contribution in [3.8, 4) is 11.6 Å². The number of furan rings is 1. The van der Waals surface area contributed by atoms with E-state index in [9.17, 15) is 9.18 Å². The number of hydrogen-bond acceptors (Lipinski definition) is 10. The molecule has 0 saturated carbocycles. The molecule has 2 aliphatic heterocycles. The number of aromatic carboxylic acids is 1. The number of nitrogens with two attached hydrogens (primary N) is 1. The zero-order valence-electron chi connectivity index (χ0n) is 20.7. The summed E-state index contributed by atoms with van der Waals surface area (Å²) in [5, 5.41) is 13.4. The van der Waals surface area contributed by atoms with Gasteiger partial charge in [0.1, 0.15) is 5.82 Å². The summed E-state index contributed by atoms with van der Waals surface area (Å²) in [6.45, 7) is 5.55. The number of anilines is 3. The van der Waals surface area contributed by atoms with Gasteiger partial charge >= 0.3 is 5.97 Å². The quantitative estimate of drug-likeness (QED) is 0.386. The first-order chi connectivity index (χ1) is 18.4. The molecule has 6 rings (SSSR count). The molecule has 0 spiro atoms. The van der Waals surface area contributed by atoms with Crippen molar-refractivity contribution in [2.24, 2.45) is 5.92 Å². The first kappa shape index (κ1) is 24.1. The number of halogens is 1. The van der Waals surface area contributed by atoms with Gasteiger partial charge < -0.3 is 25.1 Å². The van der Waals surface area contributed by atoms with Crippen LogP contribution in [-0.2, 0) is 0 Å². The van der Waals surface area contributed by atoms with E-state index in [0.29, 0.717) is 48.0 Å². The number of hydrogen-bond donors (Lipinski definition) is 2. The van der Waals surface area contributed by atoms with Crippen LogP contribution in [0.2, 0.25) is 0 Å². The largest absolute Gasteiger partial charge is 0.478 e. The number of rotatable bonds is 6. The van der Waals surface area contributed by atoms with Gasteiger partial charge in [0.2, 0.25) is 17.7 Å². The van der Waals surface area contributed by atoms with Gasteiger partial charge in [-0.2, -0.15) is 19.5 Å². The molecule has 0 unspecified atom stereocenters. The Bertz CT molecular complexity index is 1450. The van der Waals surface area contributed by atoms with E-state index in [1.54, 1.807) is 24.5 Å². The fourth-order valence-electron chi connectivity index (χ4n) is 5.27. The van der Waals surface area contributed by atoms with Crippen molar-refractivity contribution in [1.29, 1.82) is 0 Å². The van der Waals surface area contributed by atoms with Gasteiger partial charge in [-0.25, -0.2) is 9.18 Å². The Morgan fingerprint density at radius 3 is 2.68 bits per heavy atom. The molecule has 1 aromatic carbocycles. The van der Waals surface area contributed by atoms with Crippen LogP contribution in [0.25, 0.3) is 17.4 Å². The summed E-state index contributed by atoms with van der Waals surface area (Å²) < 4.78 is 21.3. The molecule has 13 heteroatoms. The number of piperidine rings is 1. The standard InChI is InChI=1S/C25H28FN9O3/c26-18-13-17(22(36)37)5-6-19(18)33-10-8-32(9-11-33)14-16-3-1-7-34(15-16)24-29-23(27)35-25(30-24)28-21(31-35)20-4-2-12-38-20/h2,4-6,12-13,16H,1,3,7-11,14-15H2,(H,36,37)(H2,27,28,29,30,31)/t16-/m0/s1. The molecule has 0 amide bonds. The second-order valence-electron chi connectivity index (χ2n) is 9.72. The Labute approximate surface area is 217 Å². The molecular formula is C25H28FN9O3. The second-order valence-corrected chi connectivity index (χ2v) is 9.72. The van der Waals surface area contributed by atoms with Gasteiger partial charge in [-0.15, -0.1) is 5.10 Å². The highest BCUT2D eigenvalue weighted by Gasteiger charge is 2.27. The average molecular weight is 522 g/mol. The SMILES string of the molecule is Nc1nc(N2CCC[C@@H](CN3CCN(c4ccc(C(=O)O)cc4F)CC3)C2)nc2nc(-c3ccco3)nn12. The number of benzene rings is 1. The van der Waals surface area contributed by atoms with Crippen LogP contribution in [0.5, 0.6) is 0 Å². The number of aromatic nitrogens is 5. The fraction of sp³-hybridized carbons (Fsp3) is 0.400. The first-order valence-corrected chi connectivity index (χ1v) is 12.6. The molecule has 198 valence electrons. The number of carboxylic acid groups (broad SMARTS) is 1. The van der Waals surface area contributed by atoms with Crippen LogP contribution in [0.15, 0.2) is 41.0 Å². The summed E-state index contributed by atoms with van der Waals surface area (Å²) in [4.78, 5) is 31.2. The molecule has 0 aliphatic carbocycles. The number of piperazine rings is 1. The van der Waals surface area contributed by atoms with Gasteiger partial charge in [0.15, 0.2) is 5.76 Å². The maximum atomic E-state index is 14.5. The van der Waals surface area contributed by atoms with Gasteiger partial charge in [0.05, 0.1) is 17.5 Å². The molecule has 0 radical (unpaired) electrons. The predicted molar refractivity (Wildman–Crippen MR) is 138 cm³/mol. The van der Waals surface area contributed by atoms with Crippen LogP contribution in [-0.4, -0.2) is 86.4 Å². The van der Waals surface area contributed by atoms with E-state index in [4.69, 9.17) is 15.3 Å². The molecule has 2 fully saturated rings. The van der Waals surface area contributed by atoms with Gasteiger partial charge in [0.25, 0.3) is 5.78 Å². The lowest BCUT2D eigenvalue weighted by Gasteiger charge is -2.40. The van der Waals surface area contributed by atoms with Crippen molar-refractivity contribution in [2.45, 2.75) is 12.8 Å². The number of nitrogen functional groups attached to an aromatic ring is 1. The molecule has 2 aliphatic rings. The summed E-state index contributed by atoms with van der Waals surface area (Å²) in [6, 6.07) is 7.65. The minimum Gasteiger partial charge on any atom is -0.478 e. The lowest BCUT2D eigenvalue weighted by atomic mass is 9.97. The Kier molecular flexibility index (Phi) is 6.27. The zero-order chi connectivity index (χ0) is 26.2. The van der Waals surface area contributed by atoms with E-state index >= 15 is 0 Å². The van der Waals surface area contributed by atoms with Gasteiger partial charge in [0, 0.05) is 45.8 Å². The normalized spacial score (nSPS) is 18.8. The van der Waals surface area contributed by atoms with Crippen molar-refractivity contribution in [1.82, 2.24) is 29.5 Å². The Morgan fingerprint density at radius 1 is 1.11 bits per heavy atom. The van der Waals surface area contributed by atoms with E-state index in [1.807, 2.05) is 4.90 Å². The van der Waals surface area contributed by atoms with E-state index in [0.717, 1.165) is 51.6 Å². The smallest absolute Gasteiger partial charge is 0.335 e. The molecule has 3 aromatic heterocycles. The summed E-state index contributed by atoms with van der Waals surface area (Å²) in [5.41, 5.74) is 6.60. The summed E-state index contributed by atoms with van der Waals surface area (Å²) >= 11 is 0. The predicted octanol–water partition coefficient (Wildman–Crippen LogP) is 2.24. The van der Waals surface area contributed by atoms with Crippen LogP contribution in [0, 0.1) is 11.7 Å². The van der Waals surface area contributed by atoms with Crippen molar-refractivity contribution in [3.05, 3.63) is 48.0 Å². The van der Waals surface area contributed by atoms with Crippen LogP contribution < -0.4 is 15.5 Å². The van der Waals surface area contributed by atoms with Crippen molar-refractivity contribution >= 4 is 29.3 Å². The molecule has 38 heavy (non-hydrogen) atoms. The highest BCUT2D eigenvalue weighted by Crippen LogP contribution is 2.26. The van der Waals surface area contributed by atoms with Crippen molar-refractivity contribution in [2.75, 3.05) is 61.3 Å². The third-order valence-electron chi connectivity index (χ3n) is 7.19. The minimum atomic E-state index is -1.13. The first-order valence-electron chi connectivity index (χ1n) is 12.6. The molecule has 2 saturated heterocycles. The topological polar surface area (TPSA) is 142 Å². The molecule has 3 N–H and O–H groups in total. The Balaban J connectivity index is 1.08. The lowest BCUT2D eigenvalue weighted by molar-refractivity contribution is 0.0696. The minimum absolute atomic E-state index is 0.0430. The summed E-state index contributed by atoms with van der Waals surface area (Å²) in [5.74, 6) is 0.882. The van der Waals surface area contributed by atoms with E-state index in [2.05, 4.69) is 29.9 Å². The third kappa shape index (κ3) is 4.72. The number of fused-ring (bicyclic) bond motifs is 1. The molecule has 1 atom stereocenters. The van der Waals surface area contributed by atoms with Crippen LogP contribution in [0.3, 0.4) is 0 Å². The fourth-order valence-corrected chi connectivity index (χ4v) is 5.27. The monoisotopic (exact) mass is 521 g/mol. The van der Waals surface area contributed by atoms with E-state index in [1.165, 1.54) is 10.6 Å². The number of carbonyl (C=O) groups is 1. The van der Waals surface area contributed by atoms with Crippen LogP contribution in [0.1, 0.15) is 23.2 Å². The lowest BCUT2D eigenvalue weighted by Crippen LogP contribution is -2.50. The molecule has 5 heterocycles. The van der Waals surface area contributed by atoms with E-state index < -0.39 is 11.8 Å². The molecule has 4 aromatic rings. The zero-order valence-corrected chi connectivity index (χ0v) is 20.7. The maximum Gasteiger partial charge on any atom is 0.335 e. The van der Waals surface area contributed by atoms with Crippen molar-refractivity contribution < 1.29 is 18.7 Å². The van der Waals surface area contributed by atoms with Crippen molar-refractivity contribution in [3.63, 3.8) is 0 Å². The maximum absolute atomic E-state index is 14.5. The molecule has 12 nitrogen and oxygen atoms in total. The van der Waals surface area contributed by atoms with E-state index in [-0.39, 0.29) is 11.5 Å². The molecule has 0 bridgehead atoms. The van der Waals surface area contributed by atoms with Crippen LogP contribution >= 0.6 is 0 Å². The van der Waals surface area contributed by atoms with Crippen LogP contribution in [0.4, 0.5) is 22.0 Å². The second kappa shape index (κ2) is 9.89. The average Bonchev–Trinajstić information content (AvgIpc) is 3.60. The Morgan fingerprint density at radius 2 is 1.95 bits per heavy atom. The third-order valence-corrected chi connectivity index (χ3v) is 7.19.